The largest absolute Gasteiger partial charge is 0.756 e. The molecule has 2 aliphatic heterocycles. The average Bonchev–Trinajstić information content (AvgIpc) is 3.41. The molecule has 0 fully saturated rings. The Hall–Kier alpha value is -0.500. The zero-order valence-corrected chi connectivity index (χ0v) is 29.7. The lowest BCUT2D eigenvalue weighted by Crippen LogP contribution is -2.42. The van der Waals surface area contributed by atoms with Gasteiger partial charge in [0.1, 0.15) is 13.1 Å². The molecule has 0 bridgehead atoms. The summed E-state index contributed by atoms with van der Waals surface area (Å²) in [6.07, 6.45) is 0. The lowest BCUT2D eigenvalue weighted by Gasteiger charge is -2.19. The molecule has 2 heterocycles. The molecule has 0 saturated heterocycles. The summed E-state index contributed by atoms with van der Waals surface area (Å²) in [5.41, 5.74) is 0. The first-order valence-corrected chi connectivity index (χ1v) is 15.9. The molecule has 0 spiro atoms. The molecule has 0 amide bonds. The molecular formula is C25H66Cl2N6O8P2. The first-order valence-electron chi connectivity index (χ1n) is 12.6. The maximum absolute atomic E-state index is 9.95. The number of hydrogen-bond donors (Lipinski definition) is 1. The molecule has 2 aliphatic rings. The van der Waals surface area contributed by atoms with Crippen LogP contribution in [0, 0.1) is 0 Å². The van der Waals surface area contributed by atoms with E-state index in [9.17, 15) is 18.9 Å². The van der Waals surface area contributed by atoms with Crippen molar-refractivity contribution < 1.29 is 46.2 Å². The molecule has 1 N–H and O–H groups in total. The highest BCUT2D eigenvalue weighted by Crippen LogP contribution is 2.35. The standard InChI is InChI=1S/C9H20N3.C5H10ClN2.C4H11N.2C2H7O4P.3CH4.ClH/c1-5-12(6-2)9-10(3)7-8-11(9)4;1-7-3-4-8(2)5(7)6;1-3-5-4-2;2*1-5-7(3,4)6-2;;;;/h5-8H2,1-4H3;3-4H2,1-2H3;5H,3-4H2,1-2H3;2*1-2H3,(H,3,4);3*1H4;1H/q2*+1;;;;;;;/p-2. The lowest BCUT2D eigenvalue weighted by atomic mass is 10.5. The molecule has 0 aromatic heterocycles. The fourth-order valence-corrected chi connectivity index (χ4v) is 3.42. The lowest BCUT2D eigenvalue weighted by molar-refractivity contribution is -0.491. The number of nitrogens with zero attached hydrogens (tertiary/aromatic N) is 5. The van der Waals surface area contributed by atoms with E-state index in [0.29, 0.717) is 0 Å². The molecule has 0 saturated carbocycles. The molecule has 0 atom stereocenters. The summed E-state index contributed by atoms with van der Waals surface area (Å²) in [6, 6.07) is 0. The van der Waals surface area contributed by atoms with E-state index in [4.69, 9.17) is 11.6 Å². The molecule has 0 aliphatic carbocycles. The Morgan fingerprint density at radius 2 is 1.12 bits per heavy atom. The van der Waals surface area contributed by atoms with Crippen molar-refractivity contribution in [1.29, 1.82) is 0 Å². The minimum Gasteiger partial charge on any atom is -0.756 e. The van der Waals surface area contributed by atoms with E-state index in [2.05, 4.69) is 79.6 Å². The second kappa shape index (κ2) is 32.9. The van der Waals surface area contributed by atoms with Crippen LogP contribution in [0.25, 0.3) is 0 Å². The fourth-order valence-electron chi connectivity index (χ4n) is 2.96. The SMILES string of the molecule is C.C.C.CCN(CC)C1=[N+](C)CCN1C.CCNCC.CN1CC[N+](C)=C1Cl.COP(=O)([O-])OC.COP(=O)([O-])OC.Cl. The minimum absolute atomic E-state index is 0. The number of likely N-dealkylation sites (N-methyl/N-ethyl adjacent to an activating group) is 4. The van der Waals surface area contributed by atoms with E-state index < -0.39 is 15.6 Å². The van der Waals surface area contributed by atoms with Crippen LogP contribution in [0.4, 0.5) is 0 Å². The highest BCUT2D eigenvalue weighted by Gasteiger charge is 2.28. The van der Waals surface area contributed by atoms with Crippen LogP contribution in [0.5, 0.6) is 0 Å². The van der Waals surface area contributed by atoms with Gasteiger partial charge in [0.2, 0.25) is 0 Å². The van der Waals surface area contributed by atoms with Gasteiger partial charge < -0.3 is 33.2 Å². The van der Waals surface area contributed by atoms with Gasteiger partial charge in [-0.25, -0.2) is 0 Å². The summed E-state index contributed by atoms with van der Waals surface area (Å²) in [5.74, 6) is 1.38. The third-order valence-corrected chi connectivity index (χ3v) is 7.66. The van der Waals surface area contributed by atoms with Gasteiger partial charge in [0.25, 0.3) is 15.6 Å². The second-order valence-electron chi connectivity index (χ2n) is 8.01. The van der Waals surface area contributed by atoms with E-state index in [1.807, 2.05) is 23.6 Å². The van der Waals surface area contributed by atoms with Crippen molar-refractivity contribution in [2.45, 2.75) is 50.0 Å². The molecule has 0 unspecified atom stereocenters. The summed E-state index contributed by atoms with van der Waals surface area (Å²) in [6.45, 7) is 17.4. The van der Waals surface area contributed by atoms with Crippen molar-refractivity contribution in [3.8, 4) is 0 Å². The summed E-state index contributed by atoms with van der Waals surface area (Å²) < 4.78 is 39.7. The first kappa shape index (κ1) is 58.1. The number of phosphoric ester groups is 2. The van der Waals surface area contributed by atoms with Crippen molar-refractivity contribution in [2.75, 3.05) is 109 Å². The highest BCUT2D eigenvalue weighted by atomic mass is 35.5. The molecule has 2 rings (SSSR count). The van der Waals surface area contributed by atoms with Gasteiger partial charge in [-0.1, -0.05) is 36.1 Å². The molecule has 18 heteroatoms. The molecule has 0 aromatic carbocycles. The van der Waals surface area contributed by atoms with Crippen LogP contribution < -0.4 is 15.1 Å². The van der Waals surface area contributed by atoms with Crippen LogP contribution >= 0.6 is 39.7 Å². The van der Waals surface area contributed by atoms with E-state index in [-0.39, 0.29) is 34.7 Å². The number of halogens is 2. The van der Waals surface area contributed by atoms with Gasteiger partial charge in [0.05, 0.1) is 54.4 Å². The number of rotatable bonds is 8. The Balaban J connectivity index is -0.0000000759. The number of amidine groups is 1. The van der Waals surface area contributed by atoms with Crippen molar-refractivity contribution in [3.05, 3.63) is 0 Å². The van der Waals surface area contributed by atoms with Crippen LogP contribution in [0.15, 0.2) is 0 Å². The smallest absolute Gasteiger partial charge is 0.350 e. The predicted octanol–water partition coefficient (Wildman–Crippen LogP) is 2.88. The molecule has 0 aromatic rings. The first-order chi connectivity index (χ1) is 18.1. The van der Waals surface area contributed by atoms with Gasteiger partial charge >= 0.3 is 11.3 Å². The van der Waals surface area contributed by atoms with E-state index in [1.165, 1.54) is 5.96 Å². The Morgan fingerprint density at radius 3 is 1.23 bits per heavy atom. The van der Waals surface area contributed by atoms with Gasteiger partial charge in [-0.05, 0) is 26.9 Å². The topological polar surface area (TPSA) is 145 Å². The molecule has 0 radical (unpaired) electrons. The third kappa shape index (κ3) is 28.7. The Kier molecular flexibility index (Phi) is 44.4. The van der Waals surface area contributed by atoms with Gasteiger partial charge in [0, 0.05) is 40.0 Å². The Bertz CT molecular complexity index is 768. The highest BCUT2D eigenvalue weighted by molar-refractivity contribution is 7.46. The van der Waals surface area contributed by atoms with E-state index >= 15 is 0 Å². The van der Waals surface area contributed by atoms with E-state index in [1.54, 1.807) is 0 Å². The third-order valence-electron chi connectivity index (χ3n) is 5.30. The molecule has 14 nitrogen and oxygen atoms in total. The van der Waals surface area contributed by atoms with Crippen LogP contribution in [-0.4, -0.2) is 144 Å². The van der Waals surface area contributed by atoms with Gasteiger partial charge in [-0.15, -0.1) is 12.4 Å². The zero-order valence-electron chi connectivity index (χ0n) is 26.3. The average molecular weight is 712 g/mol. The normalized spacial score (nSPS) is 13.6. The maximum Gasteiger partial charge on any atom is 0.350 e. The zero-order chi connectivity index (χ0) is 31.2. The molecular weight excluding hydrogens is 645 g/mol. The number of phosphoric acid groups is 2. The summed E-state index contributed by atoms with van der Waals surface area (Å²) in [4.78, 5) is 26.7. The Labute approximate surface area is 275 Å². The summed E-state index contributed by atoms with van der Waals surface area (Å²) in [5, 5.41) is 3.96. The number of hydrogen-bond acceptors (Lipinski definition) is 12. The quantitative estimate of drug-likeness (QED) is 0.225. The summed E-state index contributed by atoms with van der Waals surface area (Å²) >= 11 is 5.78. The monoisotopic (exact) mass is 710 g/mol. The number of nitrogens with one attached hydrogen (secondary N) is 1. The fraction of sp³-hybridized carbons (Fsp3) is 0.920. The summed E-state index contributed by atoms with van der Waals surface area (Å²) in [7, 11) is 4.66. The van der Waals surface area contributed by atoms with Crippen LogP contribution in [-0.2, 0) is 27.2 Å². The Morgan fingerprint density at radius 1 is 0.791 bits per heavy atom. The minimum atomic E-state index is -3.90. The molecule has 268 valence electrons. The predicted molar refractivity (Wildman–Crippen MR) is 181 cm³/mol. The number of guanidine groups is 1. The van der Waals surface area contributed by atoms with Gasteiger partial charge in [-0.3, -0.25) is 33.0 Å². The van der Waals surface area contributed by atoms with E-state index in [0.717, 1.165) is 86.1 Å². The van der Waals surface area contributed by atoms with Crippen molar-refractivity contribution >= 4 is 50.9 Å². The van der Waals surface area contributed by atoms with Crippen LogP contribution in [0.2, 0.25) is 0 Å². The maximum atomic E-state index is 9.95. The van der Waals surface area contributed by atoms with Crippen molar-refractivity contribution in [1.82, 2.24) is 20.0 Å². The second-order valence-corrected chi connectivity index (χ2v) is 11.6. The van der Waals surface area contributed by atoms with Crippen LogP contribution in [0.1, 0.15) is 50.0 Å². The van der Waals surface area contributed by atoms with Crippen molar-refractivity contribution in [2.24, 2.45) is 0 Å². The van der Waals surface area contributed by atoms with Crippen LogP contribution in [0.3, 0.4) is 0 Å². The van der Waals surface area contributed by atoms with Gasteiger partial charge in [-0.2, -0.15) is 0 Å². The van der Waals surface area contributed by atoms with Crippen molar-refractivity contribution in [3.63, 3.8) is 0 Å². The molecule has 43 heavy (non-hydrogen) atoms. The van der Waals surface area contributed by atoms with Gasteiger partial charge in [0.15, 0.2) is 0 Å².